The number of benzene rings is 5. The van der Waals surface area contributed by atoms with Crippen LogP contribution in [-0.4, -0.2) is 62.3 Å². The molecule has 0 saturated heterocycles. The summed E-state index contributed by atoms with van der Waals surface area (Å²) in [4.78, 5) is 48.4. The number of amides is 2. The van der Waals surface area contributed by atoms with Gasteiger partial charge in [-0.05, 0) is 84.1 Å². The van der Waals surface area contributed by atoms with Crippen LogP contribution in [0.3, 0.4) is 0 Å². The molecule has 0 aliphatic carbocycles. The van der Waals surface area contributed by atoms with Crippen LogP contribution in [0.15, 0.2) is 116 Å². The zero-order valence-electron chi connectivity index (χ0n) is 28.9. The number of carbonyl (C=O) groups is 2. The number of anilines is 2. The van der Waals surface area contributed by atoms with Crippen LogP contribution in [0.5, 0.6) is 0 Å². The third-order valence-corrected chi connectivity index (χ3v) is 9.69. The first-order valence-corrected chi connectivity index (χ1v) is 18.3. The summed E-state index contributed by atoms with van der Waals surface area (Å²) < 4.78 is 0. The van der Waals surface area contributed by atoms with Crippen molar-refractivity contribution in [2.24, 2.45) is 0 Å². The van der Waals surface area contributed by atoms with E-state index in [1.165, 1.54) is 6.33 Å². The summed E-state index contributed by atoms with van der Waals surface area (Å²) in [5, 5.41) is 21.4. The number of aromatic nitrogens is 10. The molecule has 0 aliphatic heterocycles. The molecule has 0 fully saturated rings. The van der Waals surface area contributed by atoms with E-state index in [9.17, 15) is 9.59 Å². The summed E-state index contributed by atoms with van der Waals surface area (Å²) in [6.07, 6.45) is 2.92. The van der Waals surface area contributed by atoms with Crippen molar-refractivity contribution in [2.75, 3.05) is 10.6 Å². The molecule has 280 valence electrons. The predicted octanol–water partition coefficient (Wildman–Crippen LogP) is 9.55. The Morgan fingerprint density at radius 2 is 1.18 bits per heavy atom. The second-order valence-corrected chi connectivity index (χ2v) is 13.8. The maximum atomic E-state index is 12.8. The van der Waals surface area contributed by atoms with Gasteiger partial charge >= 0.3 is 0 Å². The standard InChI is InChI=1S/C21H13Cl2N7O.C18H11Cl2N5O/c22-14-5-2-6-15(23)18(14)20-25-16-8-7-12(10-17(16)26-20)21(31)24-13-4-1-3-11(9-13)19-27-29-30-28-19;19-11-2-1-3-12(20)16(11)17-23-13-5-4-10(8-14(13)24-17)18(26)25-15-6-7-21-9-22-15/h1-10H,(H,24,31)(H,25,26)(H,27,28,29,30);1-9H,(H,23,24)(H,21,22,25,26). The van der Waals surface area contributed by atoms with Gasteiger partial charge < -0.3 is 20.6 Å². The number of hydrogen-bond acceptors (Lipinski definition) is 9. The van der Waals surface area contributed by atoms with Gasteiger partial charge in [-0.25, -0.2) is 19.9 Å². The monoisotopic (exact) mass is 832 g/mol. The fraction of sp³-hybridized carbons (Fsp3) is 0. The van der Waals surface area contributed by atoms with Crippen molar-refractivity contribution in [2.45, 2.75) is 0 Å². The van der Waals surface area contributed by atoms with E-state index in [1.54, 1.807) is 103 Å². The Morgan fingerprint density at radius 3 is 1.70 bits per heavy atom. The van der Waals surface area contributed by atoms with Crippen LogP contribution in [0, 0.1) is 0 Å². The average Bonchev–Trinajstić information content (AvgIpc) is 3.99. The molecule has 2 amide bonds. The Labute approximate surface area is 342 Å². The quantitative estimate of drug-likeness (QED) is 0.104. The van der Waals surface area contributed by atoms with E-state index in [0.717, 1.165) is 5.56 Å². The van der Waals surface area contributed by atoms with Crippen LogP contribution >= 0.6 is 46.4 Å². The van der Waals surface area contributed by atoms with Crippen molar-refractivity contribution >= 4 is 91.8 Å². The summed E-state index contributed by atoms with van der Waals surface area (Å²) in [5.41, 5.74) is 6.32. The van der Waals surface area contributed by atoms with Crippen molar-refractivity contribution in [3.63, 3.8) is 0 Å². The molecule has 0 bridgehead atoms. The molecule has 0 aliphatic rings. The van der Waals surface area contributed by atoms with Crippen LogP contribution in [0.25, 0.3) is 56.2 Å². The first-order valence-electron chi connectivity index (χ1n) is 16.8. The average molecular weight is 835 g/mol. The van der Waals surface area contributed by atoms with E-state index < -0.39 is 0 Å². The normalized spacial score (nSPS) is 10.9. The van der Waals surface area contributed by atoms with Gasteiger partial charge in [0.25, 0.3) is 11.8 Å². The smallest absolute Gasteiger partial charge is 0.256 e. The fourth-order valence-electron chi connectivity index (χ4n) is 5.76. The van der Waals surface area contributed by atoms with Crippen LogP contribution in [-0.2, 0) is 0 Å². The summed E-state index contributed by atoms with van der Waals surface area (Å²) >= 11 is 25.1. The molecule has 0 spiro atoms. The minimum atomic E-state index is -0.280. The number of carbonyl (C=O) groups excluding carboxylic acids is 2. The number of H-pyrrole nitrogens is 3. The molecule has 0 atom stereocenters. The number of halogens is 4. The van der Waals surface area contributed by atoms with E-state index >= 15 is 0 Å². The highest BCUT2D eigenvalue weighted by Crippen LogP contribution is 2.35. The third-order valence-electron chi connectivity index (χ3n) is 8.43. The fourth-order valence-corrected chi connectivity index (χ4v) is 6.92. The van der Waals surface area contributed by atoms with Crippen molar-refractivity contribution in [3.8, 4) is 34.2 Å². The molecule has 57 heavy (non-hydrogen) atoms. The summed E-state index contributed by atoms with van der Waals surface area (Å²) in [6, 6.07) is 29.7. The number of hydrogen-bond donors (Lipinski definition) is 5. The van der Waals surface area contributed by atoms with E-state index in [2.05, 4.69) is 61.2 Å². The molecule has 4 aromatic heterocycles. The molecular formula is C39H24Cl4N12O2. The summed E-state index contributed by atoms with van der Waals surface area (Å²) in [5.74, 6) is 1.41. The van der Waals surface area contributed by atoms with Gasteiger partial charge in [-0.3, -0.25) is 9.59 Å². The number of imidazole rings is 2. The maximum absolute atomic E-state index is 12.8. The zero-order valence-corrected chi connectivity index (χ0v) is 32.0. The second-order valence-electron chi connectivity index (χ2n) is 12.1. The lowest BCUT2D eigenvalue weighted by Crippen LogP contribution is -2.12. The Hall–Kier alpha value is -6.71. The molecule has 5 aromatic carbocycles. The number of rotatable bonds is 7. The second kappa shape index (κ2) is 16.2. The van der Waals surface area contributed by atoms with Gasteiger partial charge in [0.05, 0.1) is 53.3 Å². The summed E-state index contributed by atoms with van der Waals surface area (Å²) in [7, 11) is 0. The highest BCUT2D eigenvalue weighted by molar-refractivity contribution is 6.39. The number of nitrogens with zero attached hydrogens (tertiary/aromatic N) is 7. The molecule has 9 rings (SSSR count). The minimum absolute atomic E-state index is 0.265. The number of aromatic amines is 3. The van der Waals surface area contributed by atoms with Gasteiger partial charge in [-0.2, -0.15) is 5.21 Å². The zero-order chi connectivity index (χ0) is 39.5. The van der Waals surface area contributed by atoms with Crippen LogP contribution in [0.1, 0.15) is 20.7 Å². The van der Waals surface area contributed by atoms with E-state index in [-0.39, 0.29) is 11.8 Å². The minimum Gasteiger partial charge on any atom is -0.338 e. The van der Waals surface area contributed by atoms with Crippen LogP contribution < -0.4 is 10.6 Å². The molecule has 0 saturated carbocycles. The van der Waals surface area contributed by atoms with Crippen LogP contribution in [0.4, 0.5) is 11.5 Å². The van der Waals surface area contributed by atoms with Gasteiger partial charge in [0, 0.05) is 28.6 Å². The molecule has 0 radical (unpaired) electrons. The number of fused-ring (bicyclic) bond motifs is 2. The van der Waals surface area contributed by atoms with E-state index in [1.807, 2.05) is 6.07 Å². The maximum Gasteiger partial charge on any atom is 0.256 e. The van der Waals surface area contributed by atoms with Gasteiger partial charge in [-0.15, -0.1) is 10.2 Å². The van der Waals surface area contributed by atoms with Crippen molar-refractivity contribution in [1.29, 1.82) is 0 Å². The van der Waals surface area contributed by atoms with Gasteiger partial charge in [0.1, 0.15) is 23.8 Å². The Morgan fingerprint density at radius 1 is 0.614 bits per heavy atom. The lowest BCUT2D eigenvalue weighted by molar-refractivity contribution is 0.101. The molecule has 9 aromatic rings. The van der Waals surface area contributed by atoms with Gasteiger partial charge in [0.15, 0.2) is 0 Å². The van der Waals surface area contributed by atoms with Crippen molar-refractivity contribution in [1.82, 2.24) is 50.5 Å². The predicted molar refractivity (Wildman–Crippen MR) is 221 cm³/mol. The van der Waals surface area contributed by atoms with Gasteiger partial charge in [-0.1, -0.05) is 70.7 Å². The topological polar surface area (TPSA) is 196 Å². The highest BCUT2D eigenvalue weighted by atomic mass is 35.5. The molecule has 5 N–H and O–H groups in total. The Balaban J connectivity index is 0.000000162. The first kappa shape index (κ1) is 37.2. The molecule has 4 heterocycles. The van der Waals surface area contributed by atoms with Crippen molar-refractivity contribution < 1.29 is 9.59 Å². The lowest BCUT2D eigenvalue weighted by atomic mass is 10.1. The Kier molecular flexibility index (Phi) is 10.6. The molecule has 14 nitrogen and oxygen atoms in total. The Bertz CT molecular complexity index is 2880. The van der Waals surface area contributed by atoms with Crippen molar-refractivity contribution in [3.05, 3.63) is 147 Å². The van der Waals surface area contributed by atoms with Crippen LogP contribution in [0.2, 0.25) is 20.1 Å². The lowest BCUT2D eigenvalue weighted by Gasteiger charge is -2.06. The van der Waals surface area contributed by atoms with E-state index in [4.69, 9.17) is 46.4 Å². The highest BCUT2D eigenvalue weighted by Gasteiger charge is 2.17. The molecular weight excluding hydrogens is 810 g/mol. The summed E-state index contributed by atoms with van der Waals surface area (Å²) in [6.45, 7) is 0. The third kappa shape index (κ3) is 8.15. The van der Waals surface area contributed by atoms with E-state index in [0.29, 0.717) is 93.4 Å². The largest absolute Gasteiger partial charge is 0.338 e. The van der Waals surface area contributed by atoms with Gasteiger partial charge in [0.2, 0.25) is 5.82 Å². The molecule has 0 unspecified atom stereocenters. The number of tetrazole rings is 1. The molecule has 18 heteroatoms. The number of nitrogens with one attached hydrogen (secondary N) is 5. The first-order chi connectivity index (χ1) is 27.7. The SMILES string of the molecule is O=C(Nc1cccc(-c2nn[nH]n2)c1)c1ccc2nc(-c3c(Cl)cccc3Cl)[nH]c2c1.O=C(Nc1ccncn1)c1ccc2nc(-c3c(Cl)cccc3Cl)[nH]c2c1.